The Morgan fingerprint density at radius 1 is 1.16 bits per heavy atom. The van der Waals surface area contributed by atoms with Gasteiger partial charge in [0, 0.05) is 17.5 Å². The molecule has 1 atom stereocenters. The number of rotatable bonds is 4. The van der Waals surface area contributed by atoms with Gasteiger partial charge >= 0.3 is 0 Å². The molecule has 0 spiro atoms. The monoisotopic (exact) mass is 416 g/mol. The molecule has 3 heterocycles. The summed E-state index contributed by atoms with van der Waals surface area (Å²) < 4.78 is 7.06. The summed E-state index contributed by atoms with van der Waals surface area (Å²) in [7, 11) is 1.64. The predicted molar refractivity (Wildman–Crippen MR) is 119 cm³/mol. The van der Waals surface area contributed by atoms with Gasteiger partial charge in [-0.2, -0.15) is 4.52 Å². The molecule has 2 aromatic heterocycles. The van der Waals surface area contributed by atoms with E-state index in [2.05, 4.69) is 10.6 Å². The van der Waals surface area contributed by atoms with Gasteiger partial charge in [0.2, 0.25) is 11.9 Å². The molecule has 1 aliphatic rings. The Balaban J connectivity index is 1.68. The van der Waals surface area contributed by atoms with Gasteiger partial charge in [-0.25, -0.2) is 9.97 Å². The molecule has 8 heteroatoms. The quantitative estimate of drug-likeness (QED) is 0.530. The van der Waals surface area contributed by atoms with Crippen molar-refractivity contribution >= 4 is 28.4 Å². The van der Waals surface area contributed by atoms with E-state index in [0.29, 0.717) is 24.0 Å². The van der Waals surface area contributed by atoms with Crippen LogP contribution in [0.4, 0.5) is 5.95 Å². The van der Waals surface area contributed by atoms with Crippen molar-refractivity contribution < 1.29 is 9.53 Å². The van der Waals surface area contributed by atoms with E-state index in [4.69, 9.17) is 19.8 Å². The number of para-hydroxylation sites is 1. The molecule has 0 unspecified atom stereocenters. The maximum atomic E-state index is 12.5. The van der Waals surface area contributed by atoms with E-state index in [1.165, 1.54) is 0 Å². The zero-order chi connectivity index (χ0) is 21.4. The Morgan fingerprint density at radius 2 is 2.03 bits per heavy atom. The first-order valence-corrected chi connectivity index (χ1v) is 10.5. The number of anilines is 1. The first-order valence-electron chi connectivity index (χ1n) is 10.5. The van der Waals surface area contributed by atoms with Crippen LogP contribution in [0.2, 0.25) is 0 Å². The SMILES string of the molecule is COc1cccc(-c2nc3c4cccc(C)c4nc(N[C@@H]4CCCCNC4=O)n3n2)c1. The molecule has 0 aliphatic carbocycles. The maximum Gasteiger partial charge on any atom is 0.242 e. The number of fused-ring (bicyclic) bond motifs is 3. The molecule has 4 aromatic rings. The van der Waals surface area contributed by atoms with Crippen LogP contribution < -0.4 is 15.4 Å². The molecule has 1 fully saturated rings. The number of ether oxygens (including phenoxy) is 1. The van der Waals surface area contributed by atoms with Gasteiger partial charge in [-0.3, -0.25) is 4.79 Å². The van der Waals surface area contributed by atoms with Crippen molar-refractivity contribution in [2.45, 2.75) is 32.2 Å². The Morgan fingerprint density at radius 3 is 2.90 bits per heavy atom. The third-order valence-corrected chi connectivity index (χ3v) is 5.67. The Kier molecular flexibility index (Phi) is 4.89. The second-order valence-electron chi connectivity index (χ2n) is 7.79. The Bertz CT molecular complexity index is 1280. The fraction of sp³-hybridized carbons (Fsp3) is 0.304. The van der Waals surface area contributed by atoms with Gasteiger partial charge in [0.05, 0.1) is 12.6 Å². The summed E-state index contributed by atoms with van der Waals surface area (Å²) in [6, 6.07) is 13.3. The number of carbonyl (C=O) groups is 1. The first kappa shape index (κ1) is 19.3. The molecule has 0 radical (unpaired) electrons. The Hall–Kier alpha value is -3.68. The number of hydrogen-bond donors (Lipinski definition) is 2. The van der Waals surface area contributed by atoms with Gasteiger partial charge in [0.25, 0.3) is 0 Å². The van der Waals surface area contributed by atoms with Crippen molar-refractivity contribution in [3.8, 4) is 17.1 Å². The number of carbonyl (C=O) groups excluding carboxylic acids is 1. The lowest BCUT2D eigenvalue weighted by atomic mass is 10.1. The highest BCUT2D eigenvalue weighted by Crippen LogP contribution is 2.28. The number of nitrogens with one attached hydrogen (secondary N) is 2. The molecular weight excluding hydrogens is 392 g/mol. The molecule has 8 nitrogen and oxygen atoms in total. The van der Waals surface area contributed by atoms with E-state index in [0.717, 1.165) is 47.0 Å². The van der Waals surface area contributed by atoms with Gasteiger partial charge in [-0.05, 0) is 49.9 Å². The molecule has 31 heavy (non-hydrogen) atoms. The van der Waals surface area contributed by atoms with Crippen molar-refractivity contribution in [1.29, 1.82) is 0 Å². The predicted octanol–water partition coefficient (Wildman–Crippen LogP) is 3.34. The summed E-state index contributed by atoms with van der Waals surface area (Å²) in [6.45, 7) is 2.73. The second kappa shape index (κ2) is 7.86. The smallest absolute Gasteiger partial charge is 0.242 e. The molecule has 0 bridgehead atoms. The van der Waals surface area contributed by atoms with Crippen molar-refractivity contribution in [2.75, 3.05) is 19.0 Å². The van der Waals surface area contributed by atoms with Gasteiger partial charge in [0.15, 0.2) is 11.5 Å². The third kappa shape index (κ3) is 3.54. The van der Waals surface area contributed by atoms with Crippen molar-refractivity contribution in [2.24, 2.45) is 0 Å². The van der Waals surface area contributed by atoms with E-state index in [9.17, 15) is 4.79 Å². The second-order valence-corrected chi connectivity index (χ2v) is 7.79. The number of hydrogen-bond acceptors (Lipinski definition) is 6. The molecule has 0 saturated carbocycles. The zero-order valence-electron chi connectivity index (χ0n) is 17.6. The molecule has 2 aromatic carbocycles. The molecule has 1 saturated heterocycles. The highest BCUT2D eigenvalue weighted by atomic mass is 16.5. The van der Waals surface area contributed by atoms with Crippen LogP contribution in [0, 0.1) is 6.92 Å². The van der Waals surface area contributed by atoms with E-state index in [-0.39, 0.29) is 11.9 Å². The van der Waals surface area contributed by atoms with Crippen molar-refractivity contribution in [3.05, 3.63) is 48.0 Å². The van der Waals surface area contributed by atoms with Crippen LogP contribution in [0.15, 0.2) is 42.5 Å². The van der Waals surface area contributed by atoms with E-state index in [1.54, 1.807) is 11.6 Å². The zero-order valence-corrected chi connectivity index (χ0v) is 17.6. The maximum absolute atomic E-state index is 12.5. The van der Waals surface area contributed by atoms with E-state index in [1.807, 2.05) is 49.4 Å². The number of amides is 1. The Labute approximate surface area is 179 Å². The van der Waals surface area contributed by atoms with Crippen molar-refractivity contribution in [1.82, 2.24) is 24.9 Å². The number of aromatic nitrogens is 4. The fourth-order valence-corrected chi connectivity index (χ4v) is 3.99. The number of nitrogens with zero attached hydrogens (tertiary/aromatic N) is 4. The average Bonchev–Trinajstić information content (AvgIpc) is 3.15. The minimum Gasteiger partial charge on any atom is -0.497 e. The normalized spacial score (nSPS) is 16.8. The number of aryl methyl sites for hydroxylation is 1. The minimum absolute atomic E-state index is 0.00883. The lowest BCUT2D eigenvalue weighted by Gasteiger charge is -2.17. The standard InChI is InChI=1S/C23H24N6O2/c1-14-7-5-10-17-19(14)26-23(25-18-11-3-4-12-24-22(18)30)29-21(17)27-20(28-29)15-8-6-9-16(13-15)31-2/h5-10,13,18H,3-4,11-12H2,1-2H3,(H,24,30)(H,25,26)/t18-/m1/s1. The molecule has 1 aliphatic heterocycles. The van der Waals surface area contributed by atoms with Crippen LogP contribution in [-0.4, -0.2) is 45.2 Å². The van der Waals surface area contributed by atoms with Gasteiger partial charge in [-0.15, -0.1) is 5.10 Å². The summed E-state index contributed by atoms with van der Waals surface area (Å²) in [6.07, 6.45) is 2.70. The van der Waals surface area contributed by atoms with Crippen LogP contribution in [0.25, 0.3) is 27.9 Å². The number of benzene rings is 2. The van der Waals surface area contributed by atoms with Crippen LogP contribution in [-0.2, 0) is 4.79 Å². The van der Waals surface area contributed by atoms with Gasteiger partial charge in [0.1, 0.15) is 11.8 Å². The summed E-state index contributed by atoms with van der Waals surface area (Å²) in [4.78, 5) is 22.2. The lowest BCUT2D eigenvalue weighted by molar-refractivity contribution is -0.121. The van der Waals surface area contributed by atoms with Gasteiger partial charge < -0.3 is 15.4 Å². The molecular formula is C23H24N6O2. The lowest BCUT2D eigenvalue weighted by Crippen LogP contribution is -2.38. The highest BCUT2D eigenvalue weighted by molar-refractivity contribution is 5.95. The third-order valence-electron chi connectivity index (χ3n) is 5.67. The molecule has 2 N–H and O–H groups in total. The van der Waals surface area contributed by atoms with Crippen LogP contribution >= 0.6 is 0 Å². The summed E-state index contributed by atoms with van der Waals surface area (Å²) >= 11 is 0. The summed E-state index contributed by atoms with van der Waals surface area (Å²) in [5.74, 6) is 1.82. The first-order chi connectivity index (χ1) is 15.1. The van der Waals surface area contributed by atoms with Crippen LogP contribution in [0.3, 0.4) is 0 Å². The van der Waals surface area contributed by atoms with E-state index < -0.39 is 0 Å². The summed E-state index contributed by atoms with van der Waals surface area (Å²) in [5.41, 5.74) is 3.43. The number of methoxy groups -OCH3 is 1. The fourth-order valence-electron chi connectivity index (χ4n) is 3.99. The van der Waals surface area contributed by atoms with Crippen LogP contribution in [0.5, 0.6) is 5.75 Å². The highest BCUT2D eigenvalue weighted by Gasteiger charge is 2.23. The minimum atomic E-state index is -0.357. The van der Waals surface area contributed by atoms with Gasteiger partial charge in [-0.1, -0.05) is 24.3 Å². The topological polar surface area (TPSA) is 93.4 Å². The van der Waals surface area contributed by atoms with E-state index >= 15 is 0 Å². The summed E-state index contributed by atoms with van der Waals surface area (Å²) in [5, 5.41) is 12.0. The van der Waals surface area contributed by atoms with Crippen molar-refractivity contribution in [3.63, 3.8) is 0 Å². The molecule has 5 rings (SSSR count). The average molecular weight is 416 g/mol. The van der Waals surface area contributed by atoms with Crippen LogP contribution in [0.1, 0.15) is 24.8 Å². The molecule has 1 amide bonds. The largest absolute Gasteiger partial charge is 0.497 e. The molecule has 158 valence electrons.